The molecular formula is C19H18ClF3N2. The fourth-order valence-electron chi connectivity index (χ4n) is 3.74. The first-order chi connectivity index (χ1) is 11.9. The molecule has 4 rings (SSSR count). The molecule has 2 nitrogen and oxygen atoms in total. The molecule has 0 spiro atoms. The normalized spacial score (nSPS) is 24.2. The number of aromatic nitrogens is 1. The van der Waals surface area contributed by atoms with E-state index in [0.717, 1.165) is 37.6 Å². The number of aromatic amines is 1. The third-order valence-corrected chi connectivity index (χ3v) is 5.33. The maximum Gasteiger partial charge on any atom is 0.416 e. The third kappa shape index (κ3) is 3.35. The summed E-state index contributed by atoms with van der Waals surface area (Å²) in [5.41, 5.74) is 2.89. The van der Waals surface area contributed by atoms with E-state index in [1.165, 1.54) is 17.7 Å². The number of hydrogen-bond acceptors (Lipinski definition) is 1. The maximum atomic E-state index is 12.9. The number of fused-ring (bicyclic) bond motifs is 1. The van der Waals surface area contributed by atoms with Gasteiger partial charge in [-0.25, -0.2) is 0 Å². The van der Waals surface area contributed by atoms with Crippen molar-refractivity contribution >= 4 is 17.2 Å². The van der Waals surface area contributed by atoms with Crippen molar-refractivity contribution in [1.29, 1.82) is 0 Å². The molecule has 25 heavy (non-hydrogen) atoms. The van der Waals surface area contributed by atoms with Crippen LogP contribution in [0, 0.1) is 0 Å². The van der Waals surface area contributed by atoms with Gasteiger partial charge in [0.25, 0.3) is 0 Å². The van der Waals surface area contributed by atoms with Gasteiger partial charge >= 0.3 is 6.18 Å². The predicted octanol–water partition coefficient (Wildman–Crippen LogP) is 5.17. The molecule has 1 saturated heterocycles. The van der Waals surface area contributed by atoms with Crippen molar-refractivity contribution in [3.8, 4) is 11.3 Å². The fourth-order valence-corrected chi connectivity index (χ4v) is 4.10. The van der Waals surface area contributed by atoms with Gasteiger partial charge in [0.2, 0.25) is 0 Å². The van der Waals surface area contributed by atoms with Crippen LogP contribution in [0.5, 0.6) is 0 Å². The Morgan fingerprint density at radius 2 is 2.00 bits per heavy atom. The molecule has 1 N–H and O–H groups in total. The third-order valence-electron chi connectivity index (χ3n) is 5.02. The van der Waals surface area contributed by atoms with Crippen LogP contribution in [0.25, 0.3) is 16.8 Å². The average Bonchev–Trinajstić information content (AvgIpc) is 3.19. The van der Waals surface area contributed by atoms with E-state index in [1.54, 1.807) is 6.07 Å². The van der Waals surface area contributed by atoms with E-state index < -0.39 is 11.7 Å². The summed E-state index contributed by atoms with van der Waals surface area (Å²) in [6.45, 7) is 1.91. The van der Waals surface area contributed by atoms with Gasteiger partial charge in [0, 0.05) is 36.4 Å². The summed E-state index contributed by atoms with van der Waals surface area (Å²) in [7, 11) is 0. The highest BCUT2D eigenvalue weighted by Crippen LogP contribution is 2.35. The van der Waals surface area contributed by atoms with E-state index in [2.05, 4.69) is 16.0 Å². The summed E-state index contributed by atoms with van der Waals surface area (Å²) in [4.78, 5) is 5.51. The zero-order valence-corrected chi connectivity index (χ0v) is 14.2. The van der Waals surface area contributed by atoms with Gasteiger partial charge in [-0.2, -0.15) is 13.2 Å². The van der Waals surface area contributed by atoms with Crippen LogP contribution in [0.3, 0.4) is 0 Å². The second-order valence-electron chi connectivity index (χ2n) is 6.72. The number of halogens is 4. The van der Waals surface area contributed by atoms with Crippen molar-refractivity contribution in [3.05, 3.63) is 53.7 Å². The van der Waals surface area contributed by atoms with E-state index in [4.69, 9.17) is 11.6 Å². The summed E-state index contributed by atoms with van der Waals surface area (Å²) in [6.07, 6.45) is 1.69. The van der Waals surface area contributed by atoms with Gasteiger partial charge in [-0.15, -0.1) is 11.6 Å². The molecule has 0 aliphatic carbocycles. The standard InChI is InChI=1S/C19H18ClF3N2/c20-16-9-17-7-12(4-5-25(17)11-16)14-8-18(24-10-14)13-2-1-3-15(6-13)19(21,22)23/h1-3,6-8,10,16-17,24H,4-5,9,11H2. The Kier molecular flexibility index (Phi) is 4.16. The molecule has 1 aromatic heterocycles. The van der Waals surface area contributed by atoms with Gasteiger partial charge in [-0.1, -0.05) is 18.2 Å². The first-order valence-corrected chi connectivity index (χ1v) is 8.79. The molecule has 2 atom stereocenters. The van der Waals surface area contributed by atoms with Gasteiger partial charge in [-0.3, -0.25) is 4.90 Å². The number of rotatable bonds is 2. The topological polar surface area (TPSA) is 19.0 Å². The van der Waals surface area contributed by atoms with Crippen LogP contribution in [0.2, 0.25) is 0 Å². The second-order valence-corrected chi connectivity index (χ2v) is 7.33. The molecule has 2 aliphatic rings. The molecule has 132 valence electrons. The minimum atomic E-state index is -4.33. The molecule has 0 radical (unpaired) electrons. The summed E-state index contributed by atoms with van der Waals surface area (Å²) in [6, 6.07) is 7.71. The van der Waals surface area contributed by atoms with Crippen molar-refractivity contribution in [2.75, 3.05) is 13.1 Å². The van der Waals surface area contributed by atoms with Crippen molar-refractivity contribution in [2.24, 2.45) is 0 Å². The Morgan fingerprint density at radius 3 is 2.80 bits per heavy atom. The van der Waals surface area contributed by atoms with Crippen LogP contribution in [-0.2, 0) is 6.18 Å². The Labute approximate surface area is 149 Å². The molecule has 0 amide bonds. The highest BCUT2D eigenvalue weighted by atomic mass is 35.5. The number of benzene rings is 1. The predicted molar refractivity (Wildman–Crippen MR) is 93.4 cm³/mol. The molecule has 1 aromatic carbocycles. The molecule has 2 unspecified atom stereocenters. The second kappa shape index (κ2) is 6.22. The molecule has 0 bridgehead atoms. The lowest BCUT2D eigenvalue weighted by Crippen LogP contribution is -2.32. The van der Waals surface area contributed by atoms with Crippen LogP contribution in [0.15, 0.2) is 42.6 Å². The summed E-state index contributed by atoms with van der Waals surface area (Å²) in [5, 5.41) is 0.201. The van der Waals surface area contributed by atoms with E-state index in [9.17, 15) is 13.2 Å². The van der Waals surface area contributed by atoms with Gasteiger partial charge in [0.15, 0.2) is 0 Å². The van der Waals surface area contributed by atoms with E-state index in [0.29, 0.717) is 17.3 Å². The molecule has 2 aromatic rings. The zero-order valence-electron chi connectivity index (χ0n) is 13.5. The van der Waals surface area contributed by atoms with Gasteiger partial charge in [0.05, 0.1) is 5.56 Å². The van der Waals surface area contributed by atoms with Crippen molar-refractivity contribution in [3.63, 3.8) is 0 Å². The Balaban J connectivity index is 1.60. The minimum absolute atomic E-state index is 0.201. The van der Waals surface area contributed by atoms with Crippen LogP contribution in [-0.4, -0.2) is 34.4 Å². The maximum absolute atomic E-state index is 12.9. The number of nitrogens with zero attached hydrogens (tertiary/aromatic N) is 1. The van der Waals surface area contributed by atoms with Crippen LogP contribution < -0.4 is 0 Å². The van der Waals surface area contributed by atoms with Crippen molar-refractivity contribution in [2.45, 2.75) is 30.4 Å². The lowest BCUT2D eigenvalue weighted by molar-refractivity contribution is -0.137. The first kappa shape index (κ1) is 16.7. The summed E-state index contributed by atoms with van der Waals surface area (Å²) < 4.78 is 38.7. The van der Waals surface area contributed by atoms with E-state index >= 15 is 0 Å². The number of alkyl halides is 4. The largest absolute Gasteiger partial charge is 0.416 e. The lowest BCUT2D eigenvalue weighted by atomic mass is 9.97. The first-order valence-electron chi connectivity index (χ1n) is 8.35. The van der Waals surface area contributed by atoms with Crippen LogP contribution in [0.4, 0.5) is 13.2 Å². The number of hydrogen-bond donors (Lipinski definition) is 1. The lowest BCUT2D eigenvalue weighted by Gasteiger charge is -2.27. The molecule has 2 aliphatic heterocycles. The molecule has 3 heterocycles. The monoisotopic (exact) mass is 366 g/mol. The van der Waals surface area contributed by atoms with E-state index in [1.807, 2.05) is 12.3 Å². The zero-order chi connectivity index (χ0) is 17.6. The Bertz CT molecular complexity index is 809. The highest BCUT2D eigenvalue weighted by molar-refractivity contribution is 6.21. The molecular weight excluding hydrogens is 349 g/mol. The van der Waals surface area contributed by atoms with Crippen LogP contribution >= 0.6 is 11.6 Å². The average molecular weight is 367 g/mol. The summed E-state index contributed by atoms with van der Waals surface area (Å²) >= 11 is 6.25. The van der Waals surface area contributed by atoms with Gasteiger partial charge in [0.1, 0.15) is 0 Å². The summed E-state index contributed by atoms with van der Waals surface area (Å²) in [5.74, 6) is 0. The molecule has 1 fully saturated rings. The van der Waals surface area contributed by atoms with Crippen molar-refractivity contribution in [1.82, 2.24) is 9.88 Å². The quantitative estimate of drug-likeness (QED) is 0.726. The van der Waals surface area contributed by atoms with Crippen LogP contribution in [0.1, 0.15) is 24.0 Å². The highest BCUT2D eigenvalue weighted by Gasteiger charge is 2.32. The van der Waals surface area contributed by atoms with E-state index in [-0.39, 0.29) is 5.38 Å². The minimum Gasteiger partial charge on any atom is -0.361 e. The number of H-pyrrole nitrogens is 1. The van der Waals surface area contributed by atoms with Crippen molar-refractivity contribution < 1.29 is 13.2 Å². The molecule has 0 saturated carbocycles. The molecule has 6 heteroatoms. The van der Waals surface area contributed by atoms with Gasteiger partial charge in [-0.05, 0) is 47.7 Å². The smallest absolute Gasteiger partial charge is 0.361 e. The number of nitrogens with one attached hydrogen (secondary N) is 1. The SMILES string of the molecule is FC(F)(F)c1cccc(-c2cc(C3=CC4CC(Cl)CN4CC3)c[nH]2)c1. The van der Waals surface area contributed by atoms with Gasteiger partial charge < -0.3 is 4.98 Å². The Hall–Kier alpha value is -1.72. The fraction of sp³-hybridized carbons (Fsp3) is 0.368. The Morgan fingerprint density at radius 1 is 1.16 bits per heavy atom.